The zero-order valence-electron chi connectivity index (χ0n) is 39.9. The normalized spacial score (nSPS) is 13.5. The summed E-state index contributed by atoms with van der Waals surface area (Å²) in [7, 11) is 0. The molecule has 0 aliphatic carbocycles. The van der Waals surface area contributed by atoms with E-state index in [1.54, 1.807) is 0 Å². The van der Waals surface area contributed by atoms with E-state index >= 15 is 0 Å². The number of nitrogens with zero attached hydrogens (tertiary/aromatic N) is 4. The number of ether oxygens (including phenoxy) is 2. The molecule has 0 unspecified atom stereocenters. The number of benzene rings is 11. The number of anilines is 6. The second-order valence-electron chi connectivity index (χ2n) is 20.0. The van der Waals surface area contributed by atoms with E-state index in [0.29, 0.717) is 0 Å². The summed E-state index contributed by atoms with van der Waals surface area (Å²) < 4.78 is 19.2. The Morgan fingerprint density at radius 2 is 0.689 bits per heavy atom. The Morgan fingerprint density at radius 1 is 0.257 bits per heavy atom. The summed E-state index contributed by atoms with van der Waals surface area (Å²) in [5.74, 6) is 3.30. The third-order valence-electron chi connectivity index (χ3n) is 16.2. The molecule has 13 aromatic rings. The smallest absolute Gasteiger partial charge is 0.260 e. The molecule has 74 heavy (non-hydrogen) atoms. The molecule has 0 radical (unpaired) electrons. The average molecular weight is 943 g/mol. The number of fused-ring (bicyclic) bond motifs is 14. The van der Waals surface area contributed by atoms with Gasteiger partial charge in [-0.1, -0.05) is 152 Å². The molecule has 0 spiro atoms. The largest absolute Gasteiger partial charge is 0.458 e. The van der Waals surface area contributed by atoms with Crippen LogP contribution in [0, 0.1) is 0 Å². The average Bonchev–Trinajstić information content (AvgIpc) is 4.01. The van der Waals surface area contributed by atoms with Crippen molar-refractivity contribution in [2.75, 3.05) is 9.80 Å². The van der Waals surface area contributed by atoms with Gasteiger partial charge in [0.25, 0.3) is 13.4 Å². The highest BCUT2D eigenvalue weighted by atomic mass is 16.5. The standard InChI is InChI=1S/C66H40B2N4O2/c1-3-19-41(20-4-1)69-57-33-17-11-27-49(57)67-51-39-52-62(74-64-38-44(37-63-66(64)68(52)50-28-12-18-34-61(50)73-63)72-55-31-15-9-25-47(55)48-26-10-16-32-56(48)72)40-58(51)70(42-21-5-2-6-22-42)60-36-43(35-59(69)65(60)67)71-53-29-13-7-23-45(53)46-24-8-14-30-54(46)71/h1-40H. The van der Waals surface area contributed by atoms with Crippen LogP contribution in [0.25, 0.3) is 55.0 Å². The molecule has 0 amide bonds. The first-order valence-corrected chi connectivity index (χ1v) is 25.5. The molecular weight excluding hydrogens is 902 g/mol. The Kier molecular flexibility index (Phi) is 8.08. The van der Waals surface area contributed by atoms with E-state index in [-0.39, 0.29) is 13.4 Å². The minimum Gasteiger partial charge on any atom is -0.458 e. The van der Waals surface area contributed by atoms with E-state index < -0.39 is 0 Å². The summed E-state index contributed by atoms with van der Waals surface area (Å²) in [5.41, 5.74) is 20.4. The van der Waals surface area contributed by atoms with Crippen molar-refractivity contribution in [2.45, 2.75) is 0 Å². The number of hydrogen-bond acceptors (Lipinski definition) is 4. The molecule has 0 fully saturated rings. The molecule has 0 saturated carbocycles. The van der Waals surface area contributed by atoms with Crippen LogP contribution in [-0.4, -0.2) is 22.6 Å². The summed E-state index contributed by atoms with van der Waals surface area (Å²) in [6, 6.07) is 88.4. The molecule has 0 saturated heterocycles. The molecule has 0 N–H and O–H groups in total. The van der Waals surface area contributed by atoms with Gasteiger partial charge in [-0.05, 0) is 100 Å². The van der Waals surface area contributed by atoms with Crippen molar-refractivity contribution in [1.29, 1.82) is 0 Å². The first-order valence-electron chi connectivity index (χ1n) is 25.5. The lowest BCUT2D eigenvalue weighted by Crippen LogP contribution is -2.64. The van der Waals surface area contributed by atoms with Gasteiger partial charge < -0.3 is 28.4 Å². The van der Waals surface area contributed by atoms with Crippen LogP contribution < -0.4 is 52.1 Å². The highest BCUT2D eigenvalue weighted by molar-refractivity contribution is 7.02. The Balaban J connectivity index is 0.956. The Bertz CT molecular complexity index is 4440. The lowest BCUT2D eigenvalue weighted by Gasteiger charge is -2.45. The second-order valence-corrected chi connectivity index (χ2v) is 20.0. The monoisotopic (exact) mass is 942 g/mol. The van der Waals surface area contributed by atoms with E-state index in [1.807, 2.05) is 0 Å². The Morgan fingerprint density at radius 3 is 1.26 bits per heavy atom. The fourth-order valence-electron chi connectivity index (χ4n) is 13.2. The number of para-hydroxylation sites is 8. The van der Waals surface area contributed by atoms with Crippen molar-refractivity contribution < 1.29 is 9.47 Å². The van der Waals surface area contributed by atoms with Gasteiger partial charge in [0.15, 0.2) is 0 Å². The van der Waals surface area contributed by atoms with Crippen LogP contribution >= 0.6 is 0 Å². The fraction of sp³-hybridized carbons (Fsp3) is 0. The summed E-state index contributed by atoms with van der Waals surface area (Å²) in [6.07, 6.45) is 0. The Labute approximate surface area is 427 Å². The van der Waals surface area contributed by atoms with Gasteiger partial charge in [-0.25, -0.2) is 0 Å². The van der Waals surface area contributed by atoms with Crippen LogP contribution in [-0.2, 0) is 0 Å². The fourth-order valence-corrected chi connectivity index (χ4v) is 13.2. The van der Waals surface area contributed by atoms with Crippen LogP contribution in [0.2, 0.25) is 0 Å². The highest BCUT2D eigenvalue weighted by Gasteiger charge is 2.47. The van der Waals surface area contributed by atoms with E-state index in [0.717, 1.165) is 95.9 Å². The molecule has 2 aromatic heterocycles. The van der Waals surface area contributed by atoms with Crippen LogP contribution in [0.3, 0.4) is 0 Å². The maximum atomic E-state index is 7.44. The summed E-state index contributed by atoms with van der Waals surface area (Å²) >= 11 is 0. The summed E-state index contributed by atoms with van der Waals surface area (Å²) in [5, 5.41) is 4.87. The van der Waals surface area contributed by atoms with Gasteiger partial charge in [-0.15, -0.1) is 0 Å². The van der Waals surface area contributed by atoms with Gasteiger partial charge in [-0.2, -0.15) is 0 Å². The van der Waals surface area contributed by atoms with Crippen molar-refractivity contribution in [3.63, 3.8) is 0 Å². The van der Waals surface area contributed by atoms with Crippen LogP contribution in [0.5, 0.6) is 23.0 Å². The molecule has 11 aromatic carbocycles. The van der Waals surface area contributed by atoms with Crippen LogP contribution in [0.15, 0.2) is 243 Å². The van der Waals surface area contributed by atoms with E-state index in [9.17, 15) is 0 Å². The quantitative estimate of drug-likeness (QED) is 0.165. The van der Waals surface area contributed by atoms with E-state index in [1.165, 1.54) is 49.0 Å². The SMILES string of the molecule is c1ccc(N2c3ccccc3B3c4cc5c(cc4N(c4ccccc4)c4cc(-n6c7ccccc7c7ccccc76)cc2c43)Oc2cc(-n3c4ccccc4c4ccccc43)cc3c2B5c2ccccc2O3)cc1. The van der Waals surface area contributed by atoms with Crippen molar-refractivity contribution >= 4 is 124 Å². The molecule has 0 bridgehead atoms. The zero-order chi connectivity index (χ0) is 48.2. The van der Waals surface area contributed by atoms with Crippen molar-refractivity contribution in [2.24, 2.45) is 0 Å². The topological polar surface area (TPSA) is 34.8 Å². The van der Waals surface area contributed by atoms with Gasteiger partial charge in [0.2, 0.25) is 0 Å². The molecular formula is C66H40B2N4O2. The predicted molar refractivity (Wildman–Crippen MR) is 307 cm³/mol. The number of aromatic nitrogens is 2. The molecule has 6 heterocycles. The third-order valence-corrected chi connectivity index (χ3v) is 16.2. The second kappa shape index (κ2) is 14.9. The van der Waals surface area contributed by atoms with E-state index in [2.05, 4.69) is 262 Å². The van der Waals surface area contributed by atoms with Crippen LogP contribution in [0.1, 0.15) is 0 Å². The minimum absolute atomic E-state index is 0.114. The molecule has 4 aliphatic heterocycles. The van der Waals surface area contributed by atoms with Crippen molar-refractivity contribution in [3.05, 3.63) is 243 Å². The highest BCUT2D eigenvalue weighted by Crippen LogP contribution is 2.48. The summed E-state index contributed by atoms with van der Waals surface area (Å²) in [6.45, 7) is -0.258. The molecule has 8 heteroatoms. The lowest BCUT2D eigenvalue weighted by atomic mass is 9.31. The number of hydrogen-bond donors (Lipinski definition) is 0. The molecule has 17 rings (SSSR count). The maximum absolute atomic E-state index is 7.44. The van der Waals surface area contributed by atoms with Gasteiger partial charge in [0, 0.05) is 79.3 Å². The molecule has 0 atom stereocenters. The Hall–Kier alpha value is -9.65. The van der Waals surface area contributed by atoms with Crippen molar-refractivity contribution in [3.8, 4) is 34.4 Å². The van der Waals surface area contributed by atoms with Gasteiger partial charge in [0.05, 0.1) is 33.4 Å². The molecule has 342 valence electrons. The van der Waals surface area contributed by atoms with Gasteiger partial charge in [0.1, 0.15) is 23.0 Å². The predicted octanol–water partition coefficient (Wildman–Crippen LogP) is 12.7. The zero-order valence-corrected chi connectivity index (χ0v) is 39.9. The lowest BCUT2D eigenvalue weighted by molar-refractivity contribution is 0.464. The van der Waals surface area contributed by atoms with E-state index in [4.69, 9.17) is 9.47 Å². The first kappa shape index (κ1) is 40.0. The van der Waals surface area contributed by atoms with Gasteiger partial charge >= 0.3 is 0 Å². The van der Waals surface area contributed by atoms with Crippen LogP contribution in [0.4, 0.5) is 34.1 Å². The minimum atomic E-state index is -0.144. The summed E-state index contributed by atoms with van der Waals surface area (Å²) in [4.78, 5) is 4.99. The van der Waals surface area contributed by atoms with Gasteiger partial charge in [-0.3, -0.25) is 0 Å². The first-order chi connectivity index (χ1) is 36.7. The molecule has 6 nitrogen and oxygen atoms in total. The third kappa shape index (κ3) is 5.41. The van der Waals surface area contributed by atoms with Crippen molar-refractivity contribution in [1.82, 2.24) is 9.13 Å². The maximum Gasteiger partial charge on any atom is 0.260 e. The number of rotatable bonds is 4. The molecule has 4 aliphatic rings.